The Kier molecular flexibility index (Phi) is 3.74. The Balaban J connectivity index is 2.37. The average molecular weight is 276 g/mol. The van der Waals surface area contributed by atoms with Crippen molar-refractivity contribution >= 4 is 23.2 Å². The summed E-state index contributed by atoms with van der Waals surface area (Å²) >= 11 is 5.79. The highest BCUT2D eigenvalue weighted by molar-refractivity contribution is 6.34. The third kappa shape index (κ3) is 2.69. The van der Waals surface area contributed by atoms with Crippen LogP contribution in [0.4, 0.5) is 10.1 Å². The highest BCUT2D eigenvalue weighted by Crippen LogP contribution is 2.23. The molecule has 0 bridgehead atoms. The number of nitrogens with zero attached hydrogens (tertiary/aromatic N) is 2. The number of nitriles is 1. The van der Waals surface area contributed by atoms with Crippen LogP contribution in [0.5, 0.6) is 0 Å². The number of pyridine rings is 1. The summed E-state index contributed by atoms with van der Waals surface area (Å²) in [6.07, 6.45) is 2.96. The van der Waals surface area contributed by atoms with Crippen LogP contribution in [0.3, 0.4) is 0 Å². The molecule has 0 saturated carbocycles. The number of rotatable bonds is 2. The summed E-state index contributed by atoms with van der Waals surface area (Å²) in [4.78, 5) is 15.8. The summed E-state index contributed by atoms with van der Waals surface area (Å²) in [5, 5.41) is 11.1. The molecule has 4 nitrogen and oxygen atoms in total. The van der Waals surface area contributed by atoms with Crippen LogP contribution in [0.1, 0.15) is 15.9 Å². The van der Waals surface area contributed by atoms with Gasteiger partial charge in [-0.05, 0) is 24.3 Å². The van der Waals surface area contributed by atoms with Crippen molar-refractivity contribution in [2.75, 3.05) is 5.32 Å². The Labute approximate surface area is 113 Å². The fraction of sp³-hybridized carbons (Fsp3) is 0. The van der Waals surface area contributed by atoms with Crippen LogP contribution in [0.2, 0.25) is 5.02 Å². The van der Waals surface area contributed by atoms with E-state index in [-0.39, 0.29) is 16.1 Å². The molecule has 2 aromatic rings. The Bertz CT molecular complexity index is 668. The zero-order chi connectivity index (χ0) is 13.8. The van der Waals surface area contributed by atoms with Gasteiger partial charge in [0.05, 0.1) is 28.0 Å². The maximum atomic E-state index is 13.9. The number of carbonyl (C=O) groups is 1. The Morgan fingerprint density at radius 2 is 2.21 bits per heavy atom. The van der Waals surface area contributed by atoms with Gasteiger partial charge in [-0.1, -0.05) is 11.6 Å². The Morgan fingerprint density at radius 1 is 1.42 bits per heavy atom. The van der Waals surface area contributed by atoms with Gasteiger partial charge in [-0.15, -0.1) is 0 Å². The van der Waals surface area contributed by atoms with Crippen LogP contribution in [0.15, 0.2) is 36.7 Å². The molecular formula is C13H7ClFN3O. The molecule has 1 N–H and O–H groups in total. The van der Waals surface area contributed by atoms with E-state index in [0.717, 1.165) is 0 Å². The van der Waals surface area contributed by atoms with E-state index in [1.54, 1.807) is 24.4 Å². The van der Waals surface area contributed by atoms with Crippen molar-refractivity contribution in [3.8, 4) is 6.07 Å². The molecule has 0 spiro atoms. The summed E-state index contributed by atoms with van der Waals surface area (Å²) in [5.41, 5.74) is -0.185. The van der Waals surface area contributed by atoms with E-state index in [1.807, 2.05) is 0 Å². The molecule has 1 aromatic heterocycles. The highest BCUT2D eigenvalue weighted by Gasteiger charge is 2.19. The molecule has 2 rings (SSSR count). The van der Waals surface area contributed by atoms with Crippen LogP contribution in [-0.2, 0) is 0 Å². The highest BCUT2D eigenvalue weighted by atomic mass is 35.5. The van der Waals surface area contributed by atoms with Crippen molar-refractivity contribution in [2.45, 2.75) is 0 Å². The summed E-state index contributed by atoms with van der Waals surface area (Å²) in [6.45, 7) is 0. The lowest BCUT2D eigenvalue weighted by atomic mass is 10.1. The molecule has 19 heavy (non-hydrogen) atoms. The van der Waals surface area contributed by atoms with Crippen LogP contribution in [0.25, 0.3) is 0 Å². The second kappa shape index (κ2) is 5.46. The molecule has 0 atom stereocenters. The van der Waals surface area contributed by atoms with Crippen LogP contribution in [-0.4, -0.2) is 10.9 Å². The van der Waals surface area contributed by atoms with E-state index in [1.165, 1.54) is 18.3 Å². The second-order valence-electron chi connectivity index (χ2n) is 3.59. The fourth-order valence-electron chi connectivity index (χ4n) is 1.48. The SMILES string of the molecule is N#Cc1ccc(Cl)c(C(=O)Nc2cccnc2)c1F. The standard InChI is InChI=1S/C13H7ClFN3O/c14-10-4-3-8(6-16)12(15)11(10)13(19)18-9-2-1-5-17-7-9/h1-5,7H,(H,18,19). The van der Waals surface area contributed by atoms with Gasteiger partial charge in [0.25, 0.3) is 5.91 Å². The zero-order valence-corrected chi connectivity index (χ0v) is 10.3. The minimum absolute atomic E-state index is 0.0575. The van der Waals surface area contributed by atoms with E-state index in [9.17, 15) is 9.18 Å². The van der Waals surface area contributed by atoms with Gasteiger partial charge in [-0.2, -0.15) is 5.26 Å². The van der Waals surface area contributed by atoms with Gasteiger partial charge < -0.3 is 5.32 Å². The van der Waals surface area contributed by atoms with Gasteiger partial charge in [0, 0.05) is 6.20 Å². The first-order chi connectivity index (χ1) is 9.13. The third-order valence-electron chi connectivity index (χ3n) is 2.36. The number of halogens is 2. The molecule has 1 aromatic carbocycles. The van der Waals surface area contributed by atoms with E-state index < -0.39 is 11.7 Å². The van der Waals surface area contributed by atoms with Crippen molar-refractivity contribution in [1.29, 1.82) is 5.26 Å². The predicted octanol–water partition coefficient (Wildman–Crippen LogP) is 3.00. The van der Waals surface area contributed by atoms with Crippen molar-refractivity contribution in [2.24, 2.45) is 0 Å². The molecule has 0 aliphatic carbocycles. The molecule has 94 valence electrons. The number of amides is 1. The first kappa shape index (κ1) is 13.0. The number of carbonyl (C=O) groups excluding carboxylic acids is 1. The molecule has 1 heterocycles. The quantitative estimate of drug-likeness (QED) is 0.916. The van der Waals surface area contributed by atoms with Crippen LogP contribution >= 0.6 is 11.6 Å². The van der Waals surface area contributed by atoms with E-state index in [2.05, 4.69) is 10.3 Å². The minimum atomic E-state index is -0.934. The summed E-state index contributed by atoms with van der Waals surface area (Å²) < 4.78 is 13.9. The monoisotopic (exact) mass is 275 g/mol. The Hall–Kier alpha value is -2.45. The number of hydrogen-bond acceptors (Lipinski definition) is 3. The normalized spacial score (nSPS) is 9.74. The topological polar surface area (TPSA) is 65.8 Å². The number of benzene rings is 1. The van der Waals surface area contributed by atoms with Gasteiger partial charge >= 0.3 is 0 Å². The molecule has 1 amide bonds. The summed E-state index contributed by atoms with van der Waals surface area (Å²) in [5.74, 6) is -1.66. The second-order valence-corrected chi connectivity index (χ2v) is 4.00. The van der Waals surface area contributed by atoms with Gasteiger partial charge in [-0.25, -0.2) is 4.39 Å². The van der Waals surface area contributed by atoms with E-state index in [0.29, 0.717) is 5.69 Å². The lowest BCUT2D eigenvalue weighted by Gasteiger charge is -2.08. The first-order valence-electron chi connectivity index (χ1n) is 5.23. The van der Waals surface area contributed by atoms with E-state index >= 15 is 0 Å². The fourth-order valence-corrected chi connectivity index (χ4v) is 1.71. The van der Waals surface area contributed by atoms with E-state index in [4.69, 9.17) is 16.9 Å². The van der Waals surface area contributed by atoms with Gasteiger partial charge in [-0.3, -0.25) is 9.78 Å². The van der Waals surface area contributed by atoms with Gasteiger partial charge in [0.15, 0.2) is 5.82 Å². The number of aromatic nitrogens is 1. The lowest BCUT2D eigenvalue weighted by Crippen LogP contribution is -2.15. The smallest absolute Gasteiger partial charge is 0.260 e. The molecule has 0 unspecified atom stereocenters. The predicted molar refractivity (Wildman–Crippen MR) is 68.3 cm³/mol. The molecular weight excluding hydrogens is 269 g/mol. The van der Waals surface area contributed by atoms with Gasteiger partial charge in [0.2, 0.25) is 0 Å². The number of hydrogen-bond donors (Lipinski definition) is 1. The molecule has 0 fully saturated rings. The van der Waals surface area contributed by atoms with Crippen LogP contribution in [0, 0.1) is 17.1 Å². The van der Waals surface area contributed by atoms with Crippen molar-refractivity contribution in [3.05, 3.63) is 58.6 Å². The Morgan fingerprint density at radius 3 is 2.84 bits per heavy atom. The maximum absolute atomic E-state index is 13.9. The summed E-state index contributed by atoms with van der Waals surface area (Å²) in [6, 6.07) is 7.41. The van der Waals surface area contributed by atoms with Gasteiger partial charge in [0.1, 0.15) is 6.07 Å². The third-order valence-corrected chi connectivity index (χ3v) is 2.67. The number of nitrogens with one attached hydrogen (secondary N) is 1. The zero-order valence-electron chi connectivity index (χ0n) is 9.52. The molecule has 0 aliphatic rings. The largest absolute Gasteiger partial charge is 0.320 e. The first-order valence-corrected chi connectivity index (χ1v) is 5.60. The molecule has 6 heteroatoms. The van der Waals surface area contributed by atoms with Crippen LogP contribution < -0.4 is 5.32 Å². The summed E-state index contributed by atoms with van der Waals surface area (Å²) in [7, 11) is 0. The lowest BCUT2D eigenvalue weighted by molar-refractivity contribution is 0.102. The molecule has 0 radical (unpaired) electrons. The average Bonchev–Trinajstić information content (AvgIpc) is 2.40. The van der Waals surface area contributed by atoms with Crippen molar-refractivity contribution in [1.82, 2.24) is 4.98 Å². The van der Waals surface area contributed by atoms with Crippen molar-refractivity contribution in [3.63, 3.8) is 0 Å². The minimum Gasteiger partial charge on any atom is -0.320 e. The van der Waals surface area contributed by atoms with Crippen molar-refractivity contribution < 1.29 is 9.18 Å². The molecule has 0 aliphatic heterocycles. The number of anilines is 1. The molecule has 0 saturated heterocycles. The maximum Gasteiger partial charge on any atom is 0.260 e.